The maximum Gasteiger partial charge on any atom is 0.252 e. The number of amides is 1. The number of halogens is 1. The van der Waals surface area contributed by atoms with Gasteiger partial charge in [-0.25, -0.2) is 4.98 Å². The molecule has 1 heterocycles. The van der Waals surface area contributed by atoms with E-state index >= 15 is 0 Å². The standard InChI is InChI=1S/C13H19ClN2O/c1-9(13(2,3)4)7-16-12(17)10-5-6-11(14)15-8-10/h5-6,8-9H,7H2,1-4H3,(H,16,17). The summed E-state index contributed by atoms with van der Waals surface area (Å²) in [5, 5.41) is 3.30. The molecule has 17 heavy (non-hydrogen) atoms. The molecule has 1 N–H and O–H groups in total. The first kappa shape index (κ1) is 14.0. The van der Waals surface area contributed by atoms with Gasteiger partial charge in [-0.1, -0.05) is 39.3 Å². The van der Waals surface area contributed by atoms with Gasteiger partial charge in [0, 0.05) is 12.7 Å². The molecule has 0 saturated heterocycles. The molecule has 0 saturated carbocycles. The van der Waals surface area contributed by atoms with E-state index in [-0.39, 0.29) is 11.3 Å². The summed E-state index contributed by atoms with van der Waals surface area (Å²) < 4.78 is 0. The number of hydrogen-bond acceptors (Lipinski definition) is 2. The molecule has 94 valence electrons. The summed E-state index contributed by atoms with van der Waals surface area (Å²) in [6, 6.07) is 3.29. The van der Waals surface area contributed by atoms with Gasteiger partial charge in [0.25, 0.3) is 5.91 Å². The number of rotatable bonds is 3. The lowest BCUT2D eigenvalue weighted by molar-refractivity contribution is 0.0936. The Balaban J connectivity index is 2.53. The molecule has 0 radical (unpaired) electrons. The van der Waals surface area contributed by atoms with E-state index in [0.29, 0.717) is 23.2 Å². The summed E-state index contributed by atoms with van der Waals surface area (Å²) >= 11 is 5.66. The minimum atomic E-state index is -0.106. The topological polar surface area (TPSA) is 42.0 Å². The van der Waals surface area contributed by atoms with Gasteiger partial charge in [0.05, 0.1) is 5.56 Å². The van der Waals surface area contributed by atoms with E-state index in [9.17, 15) is 4.79 Å². The molecule has 0 aliphatic carbocycles. The largest absolute Gasteiger partial charge is 0.352 e. The predicted octanol–water partition coefficient (Wildman–Crippen LogP) is 3.15. The number of pyridine rings is 1. The highest BCUT2D eigenvalue weighted by Crippen LogP contribution is 2.24. The molecule has 4 heteroatoms. The molecule has 3 nitrogen and oxygen atoms in total. The first-order chi connectivity index (χ1) is 7.80. The third-order valence-electron chi connectivity index (χ3n) is 3.04. The first-order valence-electron chi connectivity index (χ1n) is 5.70. The average Bonchev–Trinajstić information content (AvgIpc) is 2.25. The maximum atomic E-state index is 11.8. The number of carbonyl (C=O) groups excluding carboxylic acids is 1. The molecule has 0 aliphatic heterocycles. The van der Waals surface area contributed by atoms with E-state index < -0.39 is 0 Å². The van der Waals surface area contributed by atoms with Gasteiger partial charge >= 0.3 is 0 Å². The van der Waals surface area contributed by atoms with Crippen LogP contribution < -0.4 is 5.32 Å². The predicted molar refractivity (Wildman–Crippen MR) is 70.2 cm³/mol. The lowest BCUT2D eigenvalue weighted by Gasteiger charge is -2.27. The smallest absolute Gasteiger partial charge is 0.252 e. The molecule has 1 rings (SSSR count). The second kappa shape index (κ2) is 5.50. The summed E-state index contributed by atoms with van der Waals surface area (Å²) in [5.41, 5.74) is 0.724. The highest BCUT2D eigenvalue weighted by molar-refractivity contribution is 6.29. The van der Waals surface area contributed by atoms with Crippen molar-refractivity contribution < 1.29 is 4.79 Å². The fraction of sp³-hybridized carbons (Fsp3) is 0.538. The van der Waals surface area contributed by atoms with Crippen molar-refractivity contribution in [3.63, 3.8) is 0 Å². The molecule has 0 fully saturated rings. The Kier molecular flexibility index (Phi) is 4.52. The molecular weight excluding hydrogens is 236 g/mol. The lowest BCUT2D eigenvalue weighted by Crippen LogP contribution is -2.33. The van der Waals surface area contributed by atoms with Gasteiger partial charge in [-0.3, -0.25) is 4.79 Å². The summed E-state index contributed by atoms with van der Waals surface area (Å²) in [7, 11) is 0. The third kappa shape index (κ3) is 4.35. The van der Waals surface area contributed by atoms with Crippen LogP contribution in [0, 0.1) is 11.3 Å². The summed E-state index contributed by atoms with van der Waals surface area (Å²) in [6.07, 6.45) is 1.49. The van der Waals surface area contributed by atoms with Gasteiger partial charge in [0.2, 0.25) is 0 Å². The minimum absolute atomic E-state index is 0.106. The maximum absolute atomic E-state index is 11.8. The van der Waals surface area contributed by atoms with Gasteiger partial charge in [-0.2, -0.15) is 0 Å². The fourth-order valence-electron chi connectivity index (χ4n) is 1.16. The molecule has 1 amide bonds. The molecule has 1 aromatic rings. The highest BCUT2D eigenvalue weighted by atomic mass is 35.5. The van der Waals surface area contributed by atoms with Gasteiger partial charge < -0.3 is 5.32 Å². The average molecular weight is 255 g/mol. The normalized spacial score (nSPS) is 13.2. The van der Waals surface area contributed by atoms with Crippen molar-refractivity contribution >= 4 is 17.5 Å². The molecule has 1 aromatic heterocycles. The zero-order valence-electron chi connectivity index (χ0n) is 10.7. The van der Waals surface area contributed by atoms with Crippen LogP contribution in [0.15, 0.2) is 18.3 Å². The van der Waals surface area contributed by atoms with Crippen LogP contribution in [0.4, 0.5) is 0 Å². The Labute approximate surface area is 108 Å². The molecule has 0 bridgehead atoms. The van der Waals surface area contributed by atoms with E-state index in [0.717, 1.165) is 0 Å². The molecule has 0 aliphatic rings. The van der Waals surface area contributed by atoms with Gasteiger partial charge in [-0.15, -0.1) is 0 Å². The zero-order valence-corrected chi connectivity index (χ0v) is 11.5. The van der Waals surface area contributed by atoms with Gasteiger partial charge in [0.1, 0.15) is 5.15 Å². The molecule has 1 unspecified atom stereocenters. The molecule has 0 spiro atoms. The SMILES string of the molecule is CC(CNC(=O)c1ccc(Cl)nc1)C(C)(C)C. The zero-order chi connectivity index (χ0) is 13.1. The molecule has 1 atom stereocenters. The monoisotopic (exact) mass is 254 g/mol. The number of hydrogen-bond donors (Lipinski definition) is 1. The Morgan fingerprint density at radius 1 is 1.47 bits per heavy atom. The number of aromatic nitrogens is 1. The van der Waals surface area contributed by atoms with Crippen molar-refractivity contribution in [1.82, 2.24) is 10.3 Å². The second-order valence-corrected chi connectivity index (χ2v) is 5.73. The van der Waals surface area contributed by atoms with Crippen LogP contribution >= 0.6 is 11.6 Å². The number of nitrogens with one attached hydrogen (secondary N) is 1. The number of nitrogens with zero attached hydrogens (tertiary/aromatic N) is 1. The highest BCUT2D eigenvalue weighted by Gasteiger charge is 2.20. The van der Waals surface area contributed by atoms with Crippen LogP contribution in [-0.4, -0.2) is 17.4 Å². The van der Waals surface area contributed by atoms with Crippen LogP contribution in [0.3, 0.4) is 0 Å². The Hall–Kier alpha value is -1.09. The van der Waals surface area contributed by atoms with E-state index in [1.807, 2.05) is 0 Å². The van der Waals surface area contributed by atoms with Gasteiger partial charge in [0.15, 0.2) is 0 Å². The quantitative estimate of drug-likeness (QED) is 0.842. The van der Waals surface area contributed by atoms with E-state index in [1.54, 1.807) is 12.1 Å². The van der Waals surface area contributed by atoms with E-state index in [2.05, 4.69) is 38.0 Å². The summed E-state index contributed by atoms with van der Waals surface area (Å²) in [4.78, 5) is 15.7. The Bertz CT molecular complexity index is 381. The Morgan fingerprint density at radius 2 is 2.12 bits per heavy atom. The second-order valence-electron chi connectivity index (χ2n) is 5.35. The van der Waals surface area contributed by atoms with Crippen LogP contribution in [0.25, 0.3) is 0 Å². The van der Waals surface area contributed by atoms with Gasteiger partial charge in [-0.05, 0) is 23.5 Å². The minimum Gasteiger partial charge on any atom is -0.352 e. The molecular formula is C13H19ClN2O. The lowest BCUT2D eigenvalue weighted by atomic mass is 9.82. The van der Waals surface area contributed by atoms with Crippen LogP contribution in [0.5, 0.6) is 0 Å². The molecule has 0 aromatic carbocycles. The van der Waals surface area contributed by atoms with Crippen molar-refractivity contribution in [1.29, 1.82) is 0 Å². The first-order valence-corrected chi connectivity index (χ1v) is 6.08. The van der Waals surface area contributed by atoms with Crippen LogP contribution in [-0.2, 0) is 0 Å². The van der Waals surface area contributed by atoms with E-state index in [4.69, 9.17) is 11.6 Å². The number of carbonyl (C=O) groups is 1. The summed E-state index contributed by atoms with van der Waals surface area (Å²) in [5.74, 6) is 0.303. The van der Waals surface area contributed by atoms with Crippen molar-refractivity contribution in [3.8, 4) is 0 Å². The fourth-order valence-corrected chi connectivity index (χ4v) is 1.28. The van der Waals surface area contributed by atoms with Crippen molar-refractivity contribution in [2.45, 2.75) is 27.7 Å². The van der Waals surface area contributed by atoms with E-state index in [1.165, 1.54) is 6.20 Å². The third-order valence-corrected chi connectivity index (χ3v) is 3.26. The van der Waals surface area contributed by atoms with Crippen molar-refractivity contribution in [2.24, 2.45) is 11.3 Å². The van der Waals surface area contributed by atoms with Crippen molar-refractivity contribution in [2.75, 3.05) is 6.54 Å². The summed E-state index contributed by atoms with van der Waals surface area (Å²) in [6.45, 7) is 9.26. The van der Waals surface area contributed by atoms with Crippen LogP contribution in [0.1, 0.15) is 38.1 Å². The van der Waals surface area contributed by atoms with Crippen molar-refractivity contribution in [3.05, 3.63) is 29.0 Å². The van der Waals surface area contributed by atoms with Crippen LogP contribution in [0.2, 0.25) is 5.15 Å². The Morgan fingerprint density at radius 3 is 2.59 bits per heavy atom.